The van der Waals surface area contributed by atoms with Crippen LogP contribution < -0.4 is 10.1 Å². The van der Waals surface area contributed by atoms with Gasteiger partial charge in [0.25, 0.3) is 0 Å². The molecule has 0 spiro atoms. The van der Waals surface area contributed by atoms with E-state index in [0.29, 0.717) is 29.0 Å². The van der Waals surface area contributed by atoms with Gasteiger partial charge in [0, 0.05) is 12.4 Å². The van der Waals surface area contributed by atoms with Crippen LogP contribution >= 0.6 is 0 Å². The number of nitrogens with one attached hydrogen (secondary N) is 1. The van der Waals surface area contributed by atoms with Crippen LogP contribution in [0.25, 0.3) is 22.9 Å². The lowest BCUT2D eigenvalue weighted by atomic mass is 10.1. The zero-order valence-electron chi connectivity index (χ0n) is 15.8. The topological polar surface area (TPSA) is 86.0 Å². The van der Waals surface area contributed by atoms with Crippen molar-refractivity contribution < 1.29 is 9.15 Å². The van der Waals surface area contributed by atoms with E-state index in [2.05, 4.69) is 25.3 Å². The third-order valence-corrected chi connectivity index (χ3v) is 4.21. The second kappa shape index (κ2) is 7.48. The minimum Gasteiger partial charge on any atom is -0.480 e. The first-order valence-corrected chi connectivity index (χ1v) is 8.77. The van der Waals surface area contributed by atoms with Crippen LogP contribution in [0.4, 0.5) is 11.6 Å². The number of ether oxygens (including phenoxy) is 1. The van der Waals surface area contributed by atoms with Crippen LogP contribution in [0.3, 0.4) is 0 Å². The lowest BCUT2D eigenvalue weighted by Crippen LogP contribution is -1.96. The average molecular weight is 373 g/mol. The standard InChI is InChI=1S/C21H19N5O2/c1-13-7-9-22-18(11-13)26-17-6-4-5-15(25-17)16-12-24-21(28-16)19-14(2)8-10-23-20(19)27-3/h4-12H,1-3H3,(H,22,25,26). The summed E-state index contributed by atoms with van der Waals surface area (Å²) in [5, 5.41) is 3.21. The van der Waals surface area contributed by atoms with Gasteiger partial charge in [0.1, 0.15) is 22.9 Å². The number of aryl methyl sites for hydroxylation is 2. The predicted octanol–water partition coefficient (Wildman–Crippen LogP) is 4.56. The Labute approximate surface area is 162 Å². The molecule has 140 valence electrons. The van der Waals surface area contributed by atoms with Crippen molar-refractivity contribution in [2.75, 3.05) is 12.4 Å². The quantitative estimate of drug-likeness (QED) is 0.549. The Morgan fingerprint density at radius 2 is 1.82 bits per heavy atom. The Balaban J connectivity index is 1.65. The van der Waals surface area contributed by atoms with Crippen LogP contribution in [0.2, 0.25) is 0 Å². The molecule has 4 heterocycles. The number of oxazole rings is 1. The molecule has 0 saturated carbocycles. The van der Waals surface area contributed by atoms with Gasteiger partial charge in [-0.05, 0) is 55.3 Å². The highest BCUT2D eigenvalue weighted by atomic mass is 16.5. The maximum atomic E-state index is 5.97. The fraction of sp³-hybridized carbons (Fsp3) is 0.143. The molecule has 0 aliphatic heterocycles. The molecule has 28 heavy (non-hydrogen) atoms. The summed E-state index contributed by atoms with van der Waals surface area (Å²) < 4.78 is 11.3. The van der Waals surface area contributed by atoms with Crippen molar-refractivity contribution in [1.82, 2.24) is 19.9 Å². The first kappa shape index (κ1) is 17.7. The molecule has 0 aromatic carbocycles. The molecule has 7 heteroatoms. The summed E-state index contributed by atoms with van der Waals surface area (Å²) in [6.45, 7) is 3.97. The Hall–Kier alpha value is -3.74. The lowest BCUT2D eigenvalue weighted by Gasteiger charge is -2.07. The smallest absolute Gasteiger partial charge is 0.232 e. The molecule has 0 atom stereocenters. The molecular weight excluding hydrogens is 354 g/mol. The van der Waals surface area contributed by atoms with E-state index in [1.54, 1.807) is 25.7 Å². The number of nitrogens with zero attached hydrogens (tertiary/aromatic N) is 4. The average Bonchev–Trinajstić information content (AvgIpc) is 3.17. The number of aromatic nitrogens is 4. The van der Waals surface area contributed by atoms with Gasteiger partial charge in [-0.15, -0.1) is 0 Å². The first-order valence-electron chi connectivity index (χ1n) is 8.77. The van der Waals surface area contributed by atoms with Gasteiger partial charge >= 0.3 is 0 Å². The molecule has 4 aromatic rings. The molecule has 0 fully saturated rings. The SMILES string of the molecule is COc1nccc(C)c1-c1ncc(-c2cccc(Nc3cc(C)ccn3)n2)o1. The van der Waals surface area contributed by atoms with Crippen LogP contribution in [0.1, 0.15) is 11.1 Å². The first-order chi connectivity index (χ1) is 13.6. The van der Waals surface area contributed by atoms with E-state index in [9.17, 15) is 0 Å². The normalized spacial score (nSPS) is 10.7. The van der Waals surface area contributed by atoms with Crippen LogP contribution in [0, 0.1) is 13.8 Å². The Morgan fingerprint density at radius 3 is 2.64 bits per heavy atom. The highest BCUT2D eigenvalue weighted by Crippen LogP contribution is 2.33. The number of hydrogen-bond donors (Lipinski definition) is 1. The Kier molecular flexibility index (Phi) is 4.72. The summed E-state index contributed by atoms with van der Waals surface area (Å²) >= 11 is 0. The molecule has 0 unspecified atom stereocenters. The minimum absolute atomic E-state index is 0.443. The molecule has 0 radical (unpaired) electrons. The molecule has 0 saturated heterocycles. The van der Waals surface area contributed by atoms with Crippen molar-refractivity contribution in [2.24, 2.45) is 0 Å². The molecular formula is C21H19N5O2. The van der Waals surface area contributed by atoms with Gasteiger partial charge in [-0.2, -0.15) is 0 Å². The molecule has 7 nitrogen and oxygen atoms in total. The fourth-order valence-corrected chi connectivity index (χ4v) is 2.83. The monoisotopic (exact) mass is 373 g/mol. The molecule has 1 N–H and O–H groups in total. The van der Waals surface area contributed by atoms with Crippen molar-refractivity contribution in [1.29, 1.82) is 0 Å². The van der Waals surface area contributed by atoms with Gasteiger partial charge in [-0.3, -0.25) is 0 Å². The van der Waals surface area contributed by atoms with E-state index in [1.165, 1.54) is 0 Å². The number of rotatable bonds is 5. The van der Waals surface area contributed by atoms with E-state index in [-0.39, 0.29) is 0 Å². The van der Waals surface area contributed by atoms with Gasteiger partial charge in [-0.25, -0.2) is 19.9 Å². The van der Waals surface area contributed by atoms with E-state index in [1.807, 2.05) is 50.2 Å². The third kappa shape index (κ3) is 3.55. The van der Waals surface area contributed by atoms with Crippen molar-refractivity contribution >= 4 is 11.6 Å². The number of pyridine rings is 3. The number of methoxy groups -OCH3 is 1. The van der Waals surface area contributed by atoms with Gasteiger partial charge in [0.2, 0.25) is 11.8 Å². The second-order valence-electron chi connectivity index (χ2n) is 6.29. The van der Waals surface area contributed by atoms with Crippen molar-refractivity contribution in [2.45, 2.75) is 13.8 Å². The van der Waals surface area contributed by atoms with Crippen LogP contribution in [-0.4, -0.2) is 27.0 Å². The van der Waals surface area contributed by atoms with Gasteiger partial charge in [0.15, 0.2) is 5.76 Å². The van der Waals surface area contributed by atoms with Gasteiger partial charge in [0.05, 0.1) is 13.3 Å². The van der Waals surface area contributed by atoms with E-state index in [4.69, 9.17) is 9.15 Å². The maximum absolute atomic E-state index is 5.97. The third-order valence-electron chi connectivity index (χ3n) is 4.21. The molecule has 0 aliphatic rings. The van der Waals surface area contributed by atoms with Crippen molar-refractivity contribution in [3.63, 3.8) is 0 Å². The molecule has 0 amide bonds. The summed E-state index contributed by atoms with van der Waals surface area (Å²) in [4.78, 5) is 17.5. The molecule has 0 aliphatic carbocycles. The van der Waals surface area contributed by atoms with E-state index >= 15 is 0 Å². The highest BCUT2D eigenvalue weighted by Gasteiger charge is 2.17. The molecule has 4 rings (SSSR count). The van der Waals surface area contributed by atoms with E-state index < -0.39 is 0 Å². The van der Waals surface area contributed by atoms with Crippen LogP contribution in [0.15, 0.2) is 59.4 Å². The zero-order valence-corrected chi connectivity index (χ0v) is 15.8. The van der Waals surface area contributed by atoms with Gasteiger partial charge < -0.3 is 14.5 Å². The summed E-state index contributed by atoms with van der Waals surface area (Å²) in [5.41, 5.74) is 3.48. The highest BCUT2D eigenvalue weighted by molar-refractivity contribution is 5.67. The largest absolute Gasteiger partial charge is 0.480 e. The van der Waals surface area contributed by atoms with Crippen molar-refractivity contribution in [3.8, 4) is 28.8 Å². The molecule has 0 bridgehead atoms. The maximum Gasteiger partial charge on any atom is 0.232 e. The fourth-order valence-electron chi connectivity index (χ4n) is 2.83. The second-order valence-corrected chi connectivity index (χ2v) is 6.29. The lowest BCUT2D eigenvalue weighted by molar-refractivity contribution is 0.397. The summed E-state index contributed by atoms with van der Waals surface area (Å²) in [7, 11) is 1.57. The predicted molar refractivity (Wildman–Crippen MR) is 107 cm³/mol. The Bertz CT molecular complexity index is 1120. The minimum atomic E-state index is 0.443. The summed E-state index contributed by atoms with van der Waals surface area (Å²) in [6.07, 6.45) is 5.10. The van der Waals surface area contributed by atoms with Crippen LogP contribution in [0.5, 0.6) is 5.88 Å². The number of anilines is 2. The summed E-state index contributed by atoms with van der Waals surface area (Å²) in [5.74, 6) is 2.88. The zero-order chi connectivity index (χ0) is 19.5. The van der Waals surface area contributed by atoms with E-state index in [0.717, 1.165) is 22.5 Å². The summed E-state index contributed by atoms with van der Waals surface area (Å²) in [6, 6.07) is 11.4. The van der Waals surface area contributed by atoms with Crippen molar-refractivity contribution in [3.05, 3.63) is 66.1 Å². The Morgan fingerprint density at radius 1 is 0.964 bits per heavy atom. The number of hydrogen-bond acceptors (Lipinski definition) is 7. The van der Waals surface area contributed by atoms with Crippen LogP contribution in [-0.2, 0) is 0 Å². The molecule has 4 aromatic heterocycles. The van der Waals surface area contributed by atoms with Gasteiger partial charge in [-0.1, -0.05) is 6.07 Å².